The molecule has 2 N–H and O–H groups in total. The van der Waals surface area contributed by atoms with Gasteiger partial charge in [0.15, 0.2) is 0 Å². The number of hydrogen-bond acceptors (Lipinski definition) is 3. The number of fused-ring (bicyclic) bond motifs is 1. The summed E-state index contributed by atoms with van der Waals surface area (Å²) in [7, 11) is 1.98. The van der Waals surface area contributed by atoms with Crippen LogP contribution >= 0.6 is 0 Å². The van der Waals surface area contributed by atoms with Crippen LogP contribution in [0.4, 0.5) is 0 Å². The Morgan fingerprint density at radius 2 is 2.45 bits per heavy atom. The fourth-order valence-corrected chi connectivity index (χ4v) is 1.50. The number of rotatable bonds is 1. The van der Waals surface area contributed by atoms with E-state index in [1.807, 2.05) is 7.05 Å². The summed E-state index contributed by atoms with van der Waals surface area (Å²) in [5, 5.41) is 6.62. The van der Waals surface area contributed by atoms with E-state index < -0.39 is 0 Å². The van der Waals surface area contributed by atoms with Crippen molar-refractivity contribution in [2.24, 2.45) is 0 Å². The lowest BCUT2D eigenvalue weighted by atomic mass is 10.3. The van der Waals surface area contributed by atoms with Crippen molar-refractivity contribution in [3.63, 3.8) is 0 Å². The highest BCUT2D eigenvalue weighted by molar-refractivity contribution is 5.15. The van der Waals surface area contributed by atoms with Crippen molar-refractivity contribution in [3.8, 4) is 0 Å². The summed E-state index contributed by atoms with van der Waals surface area (Å²) in [4.78, 5) is 2.28. The van der Waals surface area contributed by atoms with Gasteiger partial charge in [-0.15, -0.1) is 0 Å². The van der Waals surface area contributed by atoms with E-state index in [9.17, 15) is 0 Å². The maximum atomic E-state index is 3.42. The molecule has 0 amide bonds. The molecular formula is C8H13N3. The molecule has 2 aliphatic heterocycles. The van der Waals surface area contributed by atoms with Gasteiger partial charge in [-0.05, 0) is 19.2 Å². The fourth-order valence-electron chi connectivity index (χ4n) is 1.50. The molecule has 0 aromatic carbocycles. The Morgan fingerprint density at radius 3 is 3.18 bits per heavy atom. The van der Waals surface area contributed by atoms with Gasteiger partial charge in [-0.3, -0.25) is 5.32 Å². The lowest BCUT2D eigenvalue weighted by Gasteiger charge is -2.20. The SMILES string of the molecule is CNC1CN2C=CC=CC2N1. The Balaban J connectivity index is 2.06. The van der Waals surface area contributed by atoms with Crippen LogP contribution in [-0.2, 0) is 0 Å². The van der Waals surface area contributed by atoms with Crippen molar-refractivity contribution >= 4 is 0 Å². The highest BCUT2D eigenvalue weighted by Gasteiger charge is 2.26. The van der Waals surface area contributed by atoms with Crippen molar-refractivity contribution < 1.29 is 0 Å². The third-order valence-electron chi connectivity index (χ3n) is 2.15. The smallest absolute Gasteiger partial charge is 0.0998 e. The van der Waals surface area contributed by atoms with E-state index in [1.165, 1.54) is 0 Å². The summed E-state index contributed by atoms with van der Waals surface area (Å²) in [6.45, 7) is 1.04. The van der Waals surface area contributed by atoms with Gasteiger partial charge >= 0.3 is 0 Å². The van der Waals surface area contributed by atoms with E-state index in [0.717, 1.165) is 6.54 Å². The van der Waals surface area contributed by atoms with E-state index in [4.69, 9.17) is 0 Å². The zero-order valence-electron chi connectivity index (χ0n) is 6.62. The standard InChI is InChI=1S/C8H13N3/c1-9-7-6-11-5-3-2-4-8(11)10-7/h2-5,7-10H,6H2,1H3. The minimum absolute atomic E-state index is 0.400. The van der Waals surface area contributed by atoms with Crippen LogP contribution in [0.5, 0.6) is 0 Å². The van der Waals surface area contributed by atoms with Crippen LogP contribution < -0.4 is 10.6 Å². The minimum Gasteiger partial charge on any atom is -0.356 e. The minimum atomic E-state index is 0.400. The van der Waals surface area contributed by atoms with E-state index in [0.29, 0.717) is 12.3 Å². The molecule has 2 unspecified atom stereocenters. The van der Waals surface area contributed by atoms with Gasteiger partial charge in [0.1, 0.15) is 0 Å². The highest BCUT2D eigenvalue weighted by atomic mass is 15.4. The molecule has 0 bridgehead atoms. The number of nitrogens with one attached hydrogen (secondary N) is 2. The van der Waals surface area contributed by atoms with Crippen LogP contribution in [0.2, 0.25) is 0 Å². The predicted molar refractivity (Wildman–Crippen MR) is 44.8 cm³/mol. The molecule has 2 rings (SSSR count). The molecular weight excluding hydrogens is 138 g/mol. The van der Waals surface area contributed by atoms with Crippen molar-refractivity contribution in [2.75, 3.05) is 13.6 Å². The van der Waals surface area contributed by atoms with Crippen molar-refractivity contribution in [2.45, 2.75) is 12.3 Å². The molecule has 0 saturated carbocycles. The zero-order valence-corrected chi connectivity index (χ0v) is 6.62. The van der Waals surface area contributed by atoms with Gasteiger partial charge in [0.05, 0.1) is 12.3 Å². The van der Waals surface area contributed by atoms with E-state index in [1.54, 1.807) is 0 Å². The summed E-state index contributed by atoms with van der Waals surface area (Å²) in [6, 6.07) is 0. The first kappa shape index (κ1) is 6.88. The number of nitrogens with zero attached hydrogens (tertiary/aromatic N) is 1. The zero-order chi connectivity index (χ0) is 7.68. The average molecular weight is 151 g/mol. The third kappa shape index (κ3) is 1.17. The van der Waals surface area contributed by atoms with Crippen molar-refractivity contribution in [1.29, 1.82) is 0 Å². The van der Waals surface area contributed by atoms with Crippen LogP contribution in [-0.4, -0.2) is 30.8 Å². The van der Waals surface area contributed by atoms with Crippen molar-refractivity contribution in [3.05, 3.63) is 24.4 Å². The molecule has 0 aliphatic carbocycles. The second-order valence-electron chi connectivity index (χ2n) is 2.88. The molecule has 3 nitrogen and oxygen atoms in total. The van der Waals surface area contributed by atoms with Crippen molar-refractivity contribution in [1.82, 2.24) is 15.5 Å². The van der Waals surface area contributed by atoms with Gasteiger partial charge in [-0.1, -0.05) is 6.08 Å². The molecule has 1 fully saturated rings. The summed E-state index contributed by atoms with van der Waals surface area (Å²) < 4.78 is 0. The monoisotopic (exact) mass is 151 g/mol. The third-order valence-corrected chi connectivity index (χ3v) is 2.15. The van der Waals surface area contributed by atoms with Crippen LogP contribution in [0.15, 0.2) is 24.4 Å². The first-order valence-corrected chi connectivity index (χ1v) is 3.94. The van der Waals surface area contributed by atoms with Crippen LogP contribution in [0.1, 0.15) is 0 Å². The quantitative estimate of drug-likeness (QED) is 0.545. The molecule has 0 spiro atoms. The molecule has 0 radical (unpaired) electrons. The molecule has 2 atom stereocenters. The normalized spacial score (nSPS) is 34.5. The first-order valence-electron chi connectivity index (χ1n) is 3.94. The number of hydrogen-bond donors (Lipinski definition) is 2. The lowest BCUT2D eigenvalue weighted by molar-refractivity contribution is 0.381. The van der Waals surface area contributed by atoms with Gasteiger partial charge in [0.2, 0.25) is 0 Å². The summed E-state index contributed by atoms with van der Waals surface area (Å²) in [5.74, 6) is 0. The maximum Gasteiger partial charge on any atom is 0.0998 e. The molecule has 3 heteroatoms. The fraction of sp³-hybridized carbons (Fsp3) is 0.500. The Morgan fingerprint density at radius 1 is 1.55 bits per heavy atom. The van der Waals surface area contributed by atoms with Gasteiger partial charge in [0.25, 0.3) is 0 Å². The Bertz CT molecular complexity index is 178. The molecule has 2 aliphatic rings. The molecule has 0 aromatic rings. The summed E-state index contributed by atoms with van der Waals surface area (Å²) in [6.07, 6.45) is 9.25. The van der Waals surface area contributed by atoms with Gasteiger partial charge in [-0.25, -0.2) is 0 Å². The molecule has 11 heavy (non-hydrogen) atoms. The molecule has 0 aromatic heterocycles. The second kappa shape index (κ2) is 2.68. The predicted octanol–water partition coefficient (Wildman–Crippen LogP) is -0.153. The lowest BCUT2D eigenvalue weighted by Crippen LogP contribution is -2.39. The summed E-state index contributed by atoms with van der Waals surface area (Å²) >= 11 is 0. The van der Waals surface area contributed by atoms with E-state index in [2.05, 4.69) is 40.0 Å². The number of likely N-dealkylation sites (N-methyl/N-ethyl adjacent to an activating group) is 1. The molecule has 60 valence electrons. The highest BCUT2D eigenvalue weighted by Crippen LogP contribution is 2.12. The Kier molecular flexibility index (Phi) is 1.68. The largest absolute Gasteiger partial charge is 0.356 e. The van der Waals surface area contributed by atoms with Gasteiger partial charge in [0, 0.05) is 12.7 Å². The van der Waals surface area contributed by atoms with Crippen LogP contribution in [0.3, 0.4) is 0 Å². The van der Waals surface area contributed by atoms with Gasteiger partial charge < -0.3 is 10.2 Å². The second-order valence-corrected chi connectivity index (χ2v) is 2.88. The molecule has 2 heterocycles. The Labute approximate surface area is 66.8 Å². The van der Waals surface area contributed by atoms with Crippen LogP contribution in [0.25, 0.3) is 0 Å². The van der Waals surface area contributed by atoms with Crippen LogP contribution in [0, 0.1) is 0 Å². The summed E-state index contributed by atoms with van der Waals surface area (Å²) in [5.41, 5.74) is 0. The first-order chi connectivity index (χ1) is 5.40. The molecule has 1 saturated heterocycles. The van der Waals surface area contributed by atoms with Gasteiger partial charge in [-0.2, -0.15) is 0 Å². The average Bonchev–Trinajstić information content (AvgIpc) is 2.46. The number of allylic oxidation sites excluding steroid dienone is 2. The van der Waals surface area contributed by atoms with E-state index >= 15 is 0 Å². The van der Waals surface area contributed by atoms with E-state index in [-0.39, 0.29) is 0 Å². The maximum absolute atomic E-state index is 3.42. The Hall–Kier alpha value is -0.800. The topological polar surface area (TPSA) is 27.3 Å².